The predicted octanol–water partition coefficient (Wildman–Crippen LogP) is 2.31. The lowest BCUT2D eigenvalue weighted by atomic mass is 10.1. The van der Waals surface area contributed by atoms with E-state index in [4.69, 9.17) is 9.47 Å². The van der Waals surface area contributed by atoms with Crippen molar-refractivity contribution in [3.8, 4) is 5.75 Å². The van der Waals surface area contributed by atoms with Gasteiger partial charge in [-0.15, -0.1) is 11.3 Å². The molecule has 2 aromatic rings. The molecule has 2 amide bonds. The molecule has 1 heterocycles. The van der Waals surface area contributed by atoms with Crippen molar-refractivity contribution in [2.24, 2.45) is 0 Å². The van der Waals surface area contributed by atoms with Gasteiger partial charge < -0.3 is 24.8 Å². The quantitative estimate of drug-likeness (QED) is 0.312. The average Bonchev–Trinajstić information content (AvgIpc) is 3.12. The lowest BCUT2D eigenvalue weighted by molar-refractivity contribution is -0.385. The van der Waals surface area contributed by atoms with Gasteiger partial charge in [0.15, 0.2) is 12.4 Å². The third-order valence-corrected chi connectivity index (χ3v) is 5.45. The van der Waals surface area contributed by atoms with Crippen molar-refractivity contribution in [3.05, 3.63) is 49.9 Å². The average molecular weight is 479 g/mol. The number of carbonyl (C=O) groups is 4. The molecule has 176 valence electrons. The molecule has 0 aliphatic carbocycles. The zero-order valence-electron chi connectivity index (χ0n) is 18.2. The number of nitrogens with one attached hydrogen (secondary N) is 2. The van der Waals surface area contributed by atoms with Gasteiger partial charge in [0.05, 0.1) is 34.6 Å². The summed E-state index contributed by atoms with van der Waals surface area (Å²) in [4.78, 5) is 59.3. The number of nitro benzene ring substituents is 1. The van der Waals surface area contributed by atoms with Crippen molar-refractivity contribution in [1.29, 1.82) is 0 Å². The van der Waals surface area contributed by atoms with Crippen LogP contribution in [0.25, 0.3) is 0 Å². The number of esters is 2. The van der Waals surface area contributed by atoms with Crippen LogP contribution < -0.4 is 15.4 Å². The van der Waals surface area contributed by atoms with Gasteiger partial charge in [0.1, 0.15) is 5.00 Å². The molecule has 2 N–H and O–H groups in total. The van der Waals surface area contributed by atoms with E-state index in [2.05, 4.69) is 15.4 Å². The highest BCUT2D eigenvalue weighted by atomic mass is 32.1. The molecule has 0 aliphatic rings. The largest absolute Gasteiger partial charge is 0.477 e. The number of hydrogen-bond acceptors (Lipinski definition) is 10. The van der Waals surface area contributed by atoms with Crippen LogP contribution in [0.3, 0.4) is 0 Å². The minimum atomic E-state index is -0.770. The second kappa shape index (κ2) is 11.0. The second-order valence-corrected chi connectivity index (χ2v) is 7.35. The maximum Gasteiger partial charge on any atom is 0.341 e. The summed E-state index contributed by atoms with van der Waals surface area (Å²) in [5.74, 6) is -2.92. The molecule has 2 rings (SSSR count). The van der Waals surface area contributed by atoms with E-state index in [1.54, 1.807) is 13.8 Å². The lowest BCUT2D eigenvalue weighted by Crippen LogP contribution is -2.21. The molecule has 0 bridgehead atoms. The Morgan fingerprint density at radius 3 is 2.45 bits per heavy atom. The standard InChI is InChI=1S/C20H21N3O9S/c1-5-31-20(27)15-10(2)16(17(25)21-3)33-18(15)22-14(24)9-32-13-7-6-11(19(26)30-4)8-12(13)23(28)29/h6-8H,5,9H2,1-4H3,(H,21,25)(H,22,24). The molecule has 1 aromatic carbocycles. The van der Waals surface area contributed by atoms with Crippen molar-refractivity contribution < 1.29 is 38.3 Å². The maximum absolute atomic E-state index is 12.5. The third-order valence-electron chi connectivity index (χ3n) is 4.25. The van der Waals surface area contributed by atoms with Crippen LogP contribution in [0.15, 0.2) is 18.2 Å². The molecular formula is C20H21N3O9S. The molecular weight excluding hydrogens is 458 g/mol. The second-order valence-electron chi connectivity index (χ2n) is 6.33. The summed E-state index contributed by atoms with van der Waals surface area (Å²) in [7, 11) is 2.56. The predicted molar refractivity (Wildman–Crippen MR) is 117 cm³/mol. The Kier molecular flexibility index (Phi) is 8.45. The first-order valence-electron chi connectivity index (χ1n) is 9.46. The highest BCUT2D eigenvalue weighted by Gasteiger charge is 2.27. The molecule has 0 radical (unpaired) electrons. The molecule has 0 saturated carbocycles. The number of hydrogen-bond donors (Lipinski definition) is 2. The van der Waals surface area contributed by atoms with Gasteiger partial charge in [0, 0.05) is 13.1 Å². The van der Waals surface area contributed by atoms with E-state index < -0.39 is 41.0 Å². The molecule has 0 atom stereocenters. The van der Waals surface area contributed by atoms with Crippen molar-refractivity contribution in [2.45, 2.75) is 13.8 Å². The number of nitrogens with zero attached hydrogens (tertiary/aromatic N) is 1. The van der Waals surface area contributed by atoms with Crippen LogP contribution >= 0.6 is 11.3 Å². The highest BCUT2D eigenvalue weighted by Crippen LogP contribution is 2.34. The van der Waals surface area contributed by atoms with Crippen LogP contribution in [0.2, 0.25) is 0 Å². The number of anilines is 1. The fraction of sp³-hybridized carbons (Fsp3) is 0.300. The number of thiophene rings is 1. The Balaban J connectivity index is 2.24. The highest BCUT2D eigenvalue weighted by molar-refractivity contribution is 7.18. The van der Waals surface area contributed by atoms with Crippen molar-refractivity contribution in [3.63, 3.8) is 0 Å². The van der Waals surface area contributed by atoms with Crippen LogP contribution in [-0.2, 0) is 14.3 Å². The van der Waals surface area contributed by atoms with E-state index in [9.17, 15) is 29.3 Å². The first-order chi connectivity index (χ1) is 15.6. The molecule has 13 heteroatoms. The number of carbonyl (C=O) groups excluding carboxylic acids is 4. The fourth-order valence-electron chi connectivity index (χ4n) is 2.71. The van der Waals surface area contributed by atoms with Crippen LogP contribution in [-0.4, -0.2) is 56.0 Å². The zero-order chi connectivity index (χ0) is 24.7. The van der Waals surface area contributed by atoms with E-state index in [0.717, 1.165) is 24.5 Å². The molecule has 0 spiro atoms. The summed E-state index contributed by atoms with van der Waals surface area (Å²) in [5, 5.41) is 16.3. The van der Waals surface area contributed by atoms with Gasteiger partial charge in [0.2, 0.25) is 0 Å². The summed E-state index contributed by atoms with van der Waals surface area (Å²) in [6.45, 7) is 2.60. The normalized spacial score (nSPS) is 10.2. The van der Waals surface area contributed by atoms with Crippen molar-refractivity contribution in [2.75, 3.05) is 32.7 Å². The molecule has 0 saturated heterocycles. The summed E-state index contributed by atoms with van der Waals surface area (Å²) in [6.07, 6.45) is 0. The molecule has 12 nitrogen and oxygen atoms in total. The van der Waals surface area contributed by atoms with E-state index >= 15 is 0 Å². The SMILES string of the molecule is CCOC(=O)c1c(NC(=O)COc2ccc(C(=O)OC)cc2[N+](=O)[O-])sc(C(=O)NC)c1C. The van der Waals surface area contributed by atoms with Crippen LogP contribution in [0, 0.1) is 17.0 Å². The van der Waals surface area contributed by atoms with E-state index in [-0.39, 0.29) is 33.4 Å². The summed E-state index contributed by atoms with van der Waals surface area (Å²) >= 11 is 0.879. The Morgan fingerprint density at radius 1 is 1.18 bits per heavy atom. The molecule has 1 aromatic heterocycles. The Bertz CT molecular complexity index is 1110. The minimum absolute atomic E-state index is 0.0298. The van der Waals surface area contributed by atoms with Gasteiger partial charge in [-0.1, -0.05) is 0 Å². The van der Waals surface area contributed by atoms with Gasteiger partial charge >= 0.3 is 17.6 Å². The van der Waals surface area contributed by atoms with Gasteiger partial charge in [0.25, 0.3) is 11.8 Å². The van der Waals surface area contributed by atoms with Gasteiger partial charge in [-0.2, -0.15) is 0 Å². The Morgan fingerprint density at radius 2 is 1.88 bits per heavy atom. The zero-order valence-corrected chi connectivity index (χ0v) is 19.0. The number of benzene rings is 1. The van der Waals surface area contributed by atoms with Gasteiger partial charge in [-0.25, -0.2) is 9.59 Å². The number of methoxy groups -OCH3 is 1. The first-order valence-corrected chi connectivity index (χ1v) is 10.3. The minimum Gasteiger partial charge on any atom is -0.477 e. The number of ether oxygens (including phenoxy) is 3. The summed E-state index contributed by atoms with van der Waals surface area (Å²) < 4.78 is 14.8. The third kappa shape index (κ3) is 5.83. The Labute approximate surface area is 192 Å². The molecule has 0 unspecified atom stereocenters. The maximum atomic E-state index is 12.5. The van der Waals surface area contributed by atoms with Crippen LogP contribution in [0.5, 0.6) is 5.75 Å². The topological polar surface area (TPSA) is 163 Å². The lowest BCUT2D eigenvalue weighted by Gasteiger charge is -2.09. The van der Waals surface area contributed by atoms with Gasteiger partial charge in [-0.3, -0.25) is 19.7 Å². The van der Waals surface area contributed by atoms with Crippen LogP contribution in [0.4, 0.5) is 10.7 Å². The molecule has 33 heavy (non-hydrogen) atoms. The smallest absolute Gasteiger partial charge is 0.341 e. The summed E-state index contributed by atoms with van der Waals surface area (Å²) in [6, 6.07) is 3.39. The first kappa shape index (κ1) is 25.3. The van der Waals surface area contributed by atoms with E-state index in [1.165, 1.54) is 19.2 Å². The van der Waals surface area contributed by atoms with Gasteiger partial charge in [-0.05, 0) is 31.5 Å². The number of rotatable bonds is 9. The van der Waals surface area contributed by atoms with Crippen molar-refractivity contribution >= 4 is 45.8 Å². The van der Waals surface area contributed by atoms with E-state index in [0.29, 0.717) is 5.56 Å². The Hall–Kier alpha value is -4.00. The van der Waals surface area contributed by atoms with Crippen LogP contribution in [0.1, 0.15) is 42.9 Å². The monoisotopic (exact) mass is 479 g/mol. The molecule has 0 aliphatic heterocycles. The number of amides is 2. The fourth-order valence-corrected chi connectivity index (χ4v) is 3.87. The number of nitro groups is 1. The van der Waals surface area contributed by atoms with E-state index in [1.807, 2.05) is 0 Å². The van der Waals surface area contributed by atoms with Crippen molar-refractivity contribution in [1.82, 2.24) is 5.32 Å². The molecule has 0 fully saturated rings. The summed E-state index contributed by atoms with van der Waals surface area (Å²) in [5.41, 5.74) is -0.229.